The fourth-order valence-corrected chi connectivity index (χ4v) is 8.51. The van der Waals surface area contributed by atoms with E-state index >= 15 is 0 Å². The lowest BCUT2D eigenvalue weighted by Crippen LogP contribution is -2.09. The fourth-order valence-electron chi connectivity index (χ4n) is 8.51. The van der Waals surface area contributed by atoms with Crippen LogP contribution in [0.1, 0.15) is 0 Å². The summed E-state index contributed by atoms with van der Waals surface area (Å²) in [5.74, 6) is 0. The van der Waals surface area contributed by atoms with Gasteiger partial charge in [0.2, 0.25) is 0 Å². The third kappa shape index (κ3) is 5.42. The van der Waals surface area contributed by atoms with Crippen molar-refractivity contribution in [3.8, 4) is 33.4 Å². The molecule has 0 spiro atoms. The number of hydrogen-bond donors (Lipinski definition) is 0. The standard InChI is InChI=1S/C54H35NO/c1-2-11-36(12-3-1)37-21-27-44(28-22-37)55(45-29-23-39(24-30-45)48-20-10-17-38-13-6-8-18-47(38)48)46-31-25-40(26-32-46)53-49-19-9-7-16-43(49)35-52-54(53)50-33-41-14-4-5-15-42(41)34-51(50)56-52/h1-35H. The van der Waals surface area contributed by atoms with Gasteiger partial charge in [0, 0.05) is 33.4 Å². The molecule has 2 heteroatoms. The fraction of sp³-hybridized carbons (Fsp3) is 0. The van der Waals surface area contributed by atoms with Crippen LogP contribution in [0.3, 0.4) is 0 Å². The van der Waals surface area contributed by atoms with Gasteiger partial charge in [-0.2, -0.15) is 0 Å². The van der Waals surface area contributed by atoms with Crippen molar-refractivity contribution in [3.63, 3.8) is 0 Å². The zero-order chi connectivity index (χ0) is 37.0. The van der Waals surface area contributed by atoms with Crippen molar-refractivity contribution in [2.24, 2.45) is 0 Å². The van der Waals surface area contributed by atoms with Crippen LogP contribution in [-0.4, -0.2) is 0 Å². The average Bonchev–Trinajstić information content (AvgIpc) is 3.62. The minimum Gasteiger partial charge on any atom is -0.456 e. The Labute approximate surface area is 325 Å². The number of nitrogens with zero attached hydrogens (tertiary/aromatic N) is 1. The third-order valence-electron chi connectivity index (χ3n) is 11.2. The lowest BCUT2D eigenvalue weighted by molar-refractivity contribution is 0.670. The Morgan fingerprint density at radius 1 is 0.304 bits per heavy atom. The molecule has 0 saturated carbocycles. The van der Waals surface area contributed by atoms with E-state index in [4.69, 9.17) is 4.42 Å². The second-order valence-corrected chi connectivity index (χ2v) is 14.5. The molecule has 1 aromatic heterocycles. The van der Waals surface area contributed by atoms with Gasteiger partial charge in [0.1, 0.15) is 11.2 Å². The van der Waals surface area contributed by atoms with E-state index in [2.05, 4.69) is 217 Å². The van der Waals surface area contributed by atoms with Crippen LogP contribution in [0.15, 0.2) is 217 Å². The van der Waals surface area contributed by atoms with Gasteiger partial charge < -0.3 is 9.32 Å². The van der Waals surface area contributed by atoms with Crippen LogP contribution < -0.4 is 4.90 Å². The monoisotopic (exact) mass is 713 g/mol. The van der Waals surface area contributed by atoms with Gasteiger partial charge in [-0.3, -0.25) is 0 Å². The molecule has 11 rings (SSSR count). The zero-order valence-electron chi connectivity index (χ0n) is 30.6. The van der Waals surface area contributed by atoms with Gasteiger partial charge >= 0.3 is 0 Å². The zero-order valence-corrected chi connectivity index (χ0v) is 30.6. The Balaban J connectivity index is 1.05. The maximum absolute atomic E-state index is 6.61. The summed E-state index contributed by atoms with van der Waals surface area (Å²) in [5, 5.41) is 9.54. The minimum absolute atomic E-state index is 0.902. The molecule has 0 N–H and O–H groups in total. The topological polar surface area (TPSA) is 16.4 Å². The highest BCUT2D eigenvalue weighted by Crippen LogP contribution is 2.44. The van der Waals surface area contributed by atoms with Crippen molar-refractivity contribution < 1.29 is 4.42 Å². The molecule has 1 heterocycles. The molecule has 0 atom stereocenters. The SMILES string of the molecule is c1ccc(-c2ccc(N(c3ccc(-c4cccc5ccccc45)cc3)c3ccc(-c4c5ccccc5cc5oc6cc7ccccc7cc6c45)cc3)cc2)cc1. The average molecular weight is 714 g/mol. The molecule has 0 aliphatic rings. The molecule has 262 valence electrons. The van der Waals surface area contributed by atoms with E-state index < -0.39 is 0 Å². The molecular formula is C54H35NO. The summed E-state index contributed by atoms with van der Waals surface area (Å²) >= 11 is 0. The van der Waals surface area contributed by atoms with E-state index in [1.165, 1.54) is 54.7 Å². The molecule has 0 radical (unpaired) electrons. The summed E-state index contributed by atoms with van der Waals surface area (Å²) in [6.45, 7) is 0. The Hall–Kier alpha value is -7.42. The van der Waals surface area contributed by atoms with Crippen molar-refractivity contribution in [1.29, 1.82) is 0 Å². The number of benzene rings is 10. The molecule has 0 aliphatic carbocycles. The van der Waals surface area contributed by atoms with Crippen molar-refractivity contribution in [3.05, 3.63) is 212 Å². The van der Waals surface area contributed by atoms with E-state index in [0.29, 0.717) is 0 Å². The Morgan fingerprint density at radius 2 is 0.804 bits per heavy atom. The molecule has 10 aromatic carbocycles. The van der Waals surface area contributed by atoms with E-state index in [1.54, 1.807) is 0 Å². The van der Waals surface area contributed by atoms with Crippen LogP contribution in [0.25, 0.3) is 87.6 Å². The quantitative estimate of drug-likeness (QED) is 0.171. The summed E-state index contributed by atoms with van der Waals surface area (Å²) < 4.78 is 6.61. The summed E-state index contributed by atoms with van der Waals surface area (Å²) in [6.07, 6.45) is 0. The Bertz CT molecular complexity index is 3210. The van der Waals surface area contributed by atoms with Crippen LogP contribution >= 0.6 is 0 Å². The molecule has 11 aromatic rings. The molecule has 0 aliphatic heterocycles. The van der Waals surface area contributed by atoms with Crippen LogP contribution in [0.5, 0.6) is 0 Å². The number of furan rings is 1. The third-order valence-corrected chi connectivity index (χ3v) is 11.2. The van der Waals surface area contributed by atoms with Gasteiger partial charge in [0.25, 0.3) is 0 Å². The number of rotatable bonds is 6. The highest BCUT2D eigenvalue weighted by molar-refractivity contribution is 6.22. The van der Waals surface area contributed by atoms with Gasteiger partial charge in [-0.05, 0) is 115 Å². The molecule has 2 nitrogen and oxygen atoms in total. The molecule has 0 bridgehead atoms. The molecule has 0 fully saturated rings. The smallest absolute Gasteiger partial charge is 0.136 e. The minimum atomic E-state index is 0.902. The first-order valence-electron chi connectivity index (χ1n) is 19.2. The van der Waals surface area contributed by atoms with E-state index in [-0.39, 0.29) is 0 Å². The first-order valence-corrected chi connectivity index (χ1v) is 19.2. The number of hydrogen-bond acceptors (Lipinski definition) is 2. The van der Waals surface area contributed by atoms with Crippen LogP contribution in [-0.2, 0) is 0 Å². The first kappa shape index (κ1) is 32.0. The molecule has 0 unspecified atom stereocenters. The number of fused-ring (bicyclic) bond motifs is 6. The molecule has 0 saturated heterocycles. The van der Waals surface area contributed by atoms with E-state index in [0.717, 1.165) is 50.0 Å². The van der Waals surface area contributed by atoms with Gasteiger partial charge in [-0.1, -0.05) is 158 Å². The molecule has 0 amide bonds. The van der Waals surface area contributed by atoms with Crippen LogP contribution in [0.2, 0.25) is 0 Å². The second kappa shape index (κ2) is 13.2. The second-order valence-electron chi connectivity index (χ2n) is 14.5. The highest BCUT2D eigenvalue weighted by Gasteiger charge is 2.19. The normalized spacial score (nSPS) is 11.6. The van der Waals surface area contributed by atoms with Gasteiger partial charge in [0.15, 0.2) is 0 Å². The van der Waals surface area contributed by atoms with E-state index in [1.807, 2.05) is 0 Å². The lowest BCUT2D eigenvalue weighted by atomic mass is 9.92. The molecule has 56 heavy (non-hydrogen) atoms. The van der Waals surface area contributed by atoms with Gasteiger partial charge in [-0.25, -0.2) is 0 Å². The Morgan fingerprint density at radius 3 is 1.50 bits per heavy atom. The predicted molar refractivity (Wildman–Crippen MR) is 237 cm³/mol. The van der Waals surface area contributed by atoms with Crippen molar-refractivity contribution in [2.45, 2.75) is 0 Å². The van der Waals surface area contributed by atoms with Gasteiger partial charge in [-0.15, -0.1) is 0 Å². The van der Waals surface area contributed by atoms with Crippen molar-refractivity contribution in [2.75, 3.05) is 4.90 Å². The summed E-state index contributed by atoms with van der Waals surface area (Å²) in [5.41, 5.74) is 12.2. The predicted octanol–water partition coefficient (Wildman–Crippen LogP) is 15.5. The highest BCUT2D eigenvalue weighted by atomic mass is 16.3. The van der Waals surface area contributed by atoms with Crippen molar-refractivity contribution >= 4 is 71.3 Å². The largest absolute Gasteiger partial charge is 0.456 e. The van der Waals surface area contributed by atoms with Crippen LogP contribution in [0.4, 0.5) is 17.1 Å². The van der Waals surface area contributed by atoms with E-state index in [9.17, 15) is 0 Å². The molecular weight excluding hydrogens is 679 g/mol. The maximum atomic E-state index is 6.61. The van der Waals surface area contributed by atoms with Crippen molar-refractivity contribution in [1.82, 2.24) is 0 Å². The number of anilines is 3. The van der Waals surface area contributed by atoms with Gasteiger partial charge in [0.05, 0.1) is 0 Å². The Kier molecular flexibility index (Phi) is 7.53. The maximum Gasteiger partial charge on any atom is 0.136 e. The lowest BCUT2D eigenvalue weighted by Gasteiger charge is -2.26. The first-order chi connectivity index (χ1) is 27.7. The summed E-state index contributed by atoms with van der Waals surface area (Å²) in [6, 6.07) is 76.4. The van der Waals surface area contributed by atoms with Crippen LogP contribution in [0, 0.1) is 0 Å². The summed E-state index contributed by atoms with van der Waals surface area (Å²) in [7, 11) is 0. The summed E-state index contributed by atoms with van der Waals surface area (Å²) in [4.78, 5) is 2.35.